The van der Waals surface area contributed by atoms with Crippen LogP contribution in [-0.2, 0) is 9.84 Å². The van der Waals surface area contributed by atoms with E-state index < -0.39 is 9.84 Å². The number of sulfone groups is 1. The molecule has 0 saturated heterocycles. The van der Waals surface area contributed by atoms with Gasteiger partial charge in [0, 0.05) is 11.8 Å². The molecule has 2 aromatic carbocycles. The second-order valence-corrected chi connectivity index (χ2v) is 6.92. The summed E-state index contributed by atoms with van der Waals surface area (Å²) in [6.07, 6.45) is 2.81. The van der Waals surface area contributed by atoms with Crippen LogP contribution in [0.1, 0.15) is 0 Å². The second-order valence-electron chi connectivity index (χ2n) is 4.90. The molecule has 0 unspecified atom stereocenters. The topological polar surface area (TPSA) is 52.0 Å². The molecule has 6 heteroatoms. The molecule has 22 heavy (non-hydrogen) atoms. The summed E-state index contributed by atoms with van der Waals surface area (Å²) in [5.74, 6) is -0.310. The predicted molar refractivity (Wildman–Crippen MR) is 82.1 cm³/mol. The number of aromatic nitrogens is 2. The largest absolute Gasteiger partial charge is 0.233 e. The fourth-order valence-corrected chi connectivity index (χ4v) is 2.81. The van der Waals surface area contributed by atoms with Crippen molar-refractivity contribution in [1.82, 2.24) is 9.78 Å². The highest BCUT2D eigenvalue weighted by Crippen LogP contribution is 2.24. The number of halogens is 1. The van der Waals surface area contributed by atoms with Crippen molar-refractivity contribution in [2.75, 3.05) is 6.26 Å². The van der Waals surface area contributed by atoms with E-state index in [9.17, 15) is 12.8 Å². The van der Waals surface area contributed by atoms with Crippen molar-refractivity contribution in [3.8, 4) is 16.9 Å². The Hall–Kier alpha value is -2.47. The molecule has 1 aromatic heterocycles. The van der Waals surface area contributed by atoms with Crippen LogP contribution in [0.5, 0.6) is 0 Å². The lowest BCUT2D eigenvalue weighted by atomic mass is 10.1. The number of rotatable bonds is 3. The Labute approximate surface area is 127 Å². The molecule has 0 aliphatic carbocycles. The van der Waals surface area contributed by atoms with Gasteiger partial charge in [-0.15, -0.1) is 0 Å². The summed E-state index contributed by atoms with van der Waals surface area (Å²) in [6, 6.07) is 14.4. The Morgan fingerprint density at radius 2 is 1.59 bits per heavy atom. The van der Waals surface area contributed by atoms with Gasteiger partial charge in [0.15, 0.2) is 9.84 Å². The van der Waals surface area contributed by atoms with Gasteiger partial charge in [0.1, 0.15) is 5.82 Å². The van der Waals surface area contributed by atoms with Crippen molar-refractivity contribution < 1.29 is 12.8 Å². The summed E-state index contributed by atoms with van der Waals surface area (Å²) in [6.45, 7) is 0. The van der Waals surface area contributed by atoms with Crippen molar-refractivity contribution in [1.29, 1.82) is 0 Å². The number of hydrogen-bond acceptors (Lipinski definition) is 3. The molecule has 0 fully saturated rings. The van der Waals surface area contributed by atoms with Crippen LogP contribution >= 0.6 is 0 Å². The summed E-state index contributed by atoms with van der Waals surface area (Å²) in [7, 11) is -3.22. The summed E-state index contributed by atoms with van der Waals surface area (Å²) in [5.41, 5.74) is 2.36. The molecule has 0 radical (unpaired) electrons. The van der Waals surface area contributed by atoms with E-state index in [1.54, 1.807) is 47.3 Å². The monoisotopic (exact) mass is 316 g/mol. The van der Waals surface area contributed by atoms with E-state index in [0.717, 1.165) is 16.9 Å². The molecule has 0 amide bonds. The first-order valence-electron chi connectivity index (χ1n) is 6.55. The van der Waals surface area contributed by atoms with E-state index in [0.29, 0.717) is 0 Å². The lowest BCUT2D eigenvalue weighted by Crippen LogP contribution is -2.00. The Balaban J connectivity index is 2.03. The van der Waals surface area contributed by atoms with Gasteiger partial charge in [-0.3, -0.25) is 0 Å². The second kappa shape index (κ2) is 5.38. The third-order valence-corrected chi connectivity index (χ3v) is 4.42. The van der Waals surface area contributed by atoms with Crippen molar-refractivity contribution in [2.24, 2.45) is 0 Å². The normalized spacial score (nSPS) is 11.5. The number of benzene rings is 2. The molecule has 3 aromatic rings. The van der Waals surface area contributed by atoms with Gasteiger partial charge in [-0.25, -0.2) is 17.5 Å². The van der Waals surface area contributed by atoms with E-state index >= 15 is 0 Å². The SMILES string of the molecule is CS(=O)(=O)c1ccc(-c2ccnn2-c2ccc(F)cc2)cc1. The highest BCUT2D eigenvalue weighted by molar-refractivity contribution is 7.90. The Morgan fingerprint density at radius 1 is 0.955 bits per heavy atom. The van der Waals surface area contributed by atoms with Gasteiger partial charge in [0.25, 0.3) is 0 Å². The molecule has 4 nitrogen and oxygen atoms in total. The highest BCUT2D eigenvalue weighted by atomic mass is 32.2. The van der Waals surface area contributed by atoms with Crippen LogP contribution in [0.4, 0.5) is 4.39 Å². The molecule has 0 saturated carbocycles. The highest BCUT2D eigenvalue weighted by Gasteiger charge is 2.10. The first kappa shape index (κ1) is 14.5. The minimum atomic E-state index is -3.22. The molecule has 1 heterocycles. The van der Waals surface area contributed by atoms with Crippen LogP contribution < -0.4 is 0 Å². The zero-order valence-corrected chi connectivity index (χ0v) is 12.6. The molecular weight excluding hydrogens is 303 g/mol. The number of hydrogen-bond donors (Lipinski definition) is 0. The van der Waals surface area contributed by atoms with Crippen LogP contribution in [-0.4, -0.2) is 24.5 Å². The first-order valence-corrected chi connectivity index (χ1v) is 8.45. The smallest absolute Gasteiger partial charge is 0.175 e. The predicted octanol–water partition coefficient (Wildman–Crippen LogP) is 3.08. The summed E-state index contributed by atoms with van der Waals surface area (Å²) < 4.78 is 37.7. The molecule has 0 aliphatic heterocycles. The van der Waals surface area contributed by atoms with E-state index in [2.05, 4.69) is 5.10 Å². The number of nitrogens with zero attached hydrogens (tertiary/aromatic N) is 2. The quantitative estimate of drug-likeness (QED) is 0.746. The molecule has 0 spiro atoms. The van der Waals surface area contributed by atoms with Crippen LogP contribution in [0.3, 0.4) is 0 Å². The van der Waals surface area contributed by atoms with Gasteiger partial charge in [-0.1, -0.05) is 12.1 Å². The van der Waals surface area contributed by atoms with Crippen molar-refractivity contribution in [2.45, 2.75) is 4.90 Å². The summed E-state index contributed by atoms with van der Waals surface area (Å²) in [4.78, 5) is 0.268. The van der Waals surface area contributed by atoms with E-state index in [1.807, 2.05) is 6.07 Å². The Kier molecular flexibility index (Phi) is 3.54. The first-order chi connectivity index (χ1) is 10.4. The third-order valence-electron chi connectivity index (χ3n) is 3.29. The fraction of sp³-hybridized carbons (Fsp3) is 0.0625. The van der Waals surface area contributed by atoms with Crippen LogP contribution in [0.25, 0.3) is 16.9 Å². The molecule has 112 valence electrons. The summed E-state index contributed by atoms with van der Waals surface area (Å²) >= 11 is 0. The summed E-state index contributed by atoms with van der Waals surface area (Å²) in [5, 5.41) is 4.24. The Morgan fingerprint density at radius 3 is 2.18 bits per heavy atom. The average Bonchev–Trinajstić information content (AvgIpc) is 2.97. The van der Waals surface area contributed by atoms with Gasteiger partial charge >= 0.3 is 0 Å². The molecule has 0 N–H and O–H groups in total. The maximum absolute atomic E-state index is 13.0. The molecule has 0 atom stereocenters. The molecule has 0 bridgehead atoms. The van der Waals surface area contributed by atoms with E-state index in [4.69, 9.17) is 0 Å². The molecular formula is C16H13FN2O2S. The maximum atomic E-state index is 13.0. The van der Waals surface area contributed by atoms with Gasteiger partial charge in [0.2, 0.25) is 0 Å². The van der Waals surface area contributed by atoms with Crippen molar-refractivity contribution in [3.05, 3.63) is 66.6 Å². The lowest BCUT2D eigenvalue weighted by molar-refractivity contribution is 0.602. The minimum Gasteiger partial charge on any atom is -0.233 e. The van der Waals surface area contributed by atoms with Crippen LogP contribution in [0.15, 0.2) is 65.7 Å². The maximum Gasteiger partial charge on any atom is 0.175 e. The molecule has 0 aliphatic rings. The standard InChI is InChI=1S/C16H13FN2O2S/c1-22(20,21)15-8-2-12(3-9-15)16-10-11-18-19(16)14-6-4-13(17)5-7-14/h2-11H,1H3. The van der Waals surface area contributed by atoms with Gasteiger partial charge in [-0.05, 0) is 42.5 Å². The zero-order valence-electron chi connectivity index (χ0n) is 11.8. The van der Waals surface area contributed by atoms with E-state index in [-0.39, 0.29) is 10.7 Å². The Bertz CT molecular complexity index is 898. The average molecular weight is 316 g/mol. The van der Waals surface area contributed by atoms with E-state index in [1.165, 1.54) is 18.4 Å². The molecule has 3 rings (SSSR count). The van der Waals surface area contributed by atoms with Crippen molar-refractivity contribution >= 4 is 9.84 Å². The van der Waals surface area contributed by atoms with Gasteiger partial charge in [-0.2, -0.15) is 5.10 Å². The minimum absolute atomic E-state index is 0.268. The van der Waals surface area contributed by atoms with Gasteiger partial charge < -0.3 is 0 Å². The fourth-order valence-electron chi connectivity index (χ4n) is 2.18. The third kappa shape index (κ3) is 2.78. The van der Waals surface area contributed by atoms with Crippen molar-refractivity contribution in [3.63, 3.8) is 0 Å². The van der Waals surface area contributed by atoms with Crippen LogP contribution in [0, 0.1) is 5.82 Å². The lowest BCUT2D eigenvalue weighted by Gasteiger charge is -2.08. The zero-order chi connectivity index (χ0) is 15.7. The van der Waals surface area contributed by atoms with Gasteiger partial charge in [0.05, 0.1) is 22.5 Å². The van der Waals surface area contributed by atoms with Crippen LogP contribution in [0.2, 0.25) is 0 Å².